The van der Waals surface area contributed by atoms with Crippen LogP contribution >= 0.6 is 0 Å². The largest absolute Gasteiger partial charge is 0.481 e. The van der Waals surface area contributed by atoms with Crippen molar-refractivity contribution in [2.45, 2.75) is 25.4 Å². The van der Waals surface area contributed by atoms with Crippen LogP contribution in [0.2, 0.25) is 0 Å². The minimum Gasteiger partial charge on any atom is -0.481 e. The predicted octanol–water partition coefficient (Wildman–Crippen LogP) is 0.886. The third-order valence-corrected chi connectivity index (χ3v) is 2.07. The molecule has 58 valence electrons. The first-order valence-electron chi connectivity index (χ1n) is 3.51. The van der Waals surface area contributed by atoms with Crippen LogP contribution in [0.15, 0.2) is 0 Å². The highest BCUT2D eigenvalue weighted by atomic mass is 16.5. The zero-order valence-electron chi connectivity index (χ0n) is 6.04. The minimum absolute atomic E-state index is 0.0440. The van der Waals surface area contributed by atoms with E-state index in [4.69, 9.17) is 9.84 Å². The van der Waals surface area contributed by atoms with E-state index in [1.807, 2.05) is 0 Å². The molecule has 3 nitrogen and oxygen atoms in total. The number of carboxylic acids is 1. The van der Waals surface area contributed by atoms with Crippen LogP contribution in [0.4, 0.5) is 0 Å². The highest BCUT2D eigenvalue weighted by molar-refractivity contribution is 5.71. The third kappa shape index (κ3) is 1.29. The second kappa shape index (κ2) is 3.01. The van der Waals surface area contributed by atoms with Crippen molar-refractivity contribution in [2.75, 3.05) is 7.11 Å². The number of ether oxygens (including phenoxy) is 1. The van der Waals surface area contributed by atoms with Crippen molar-refractivity contribution in [3.05, 3.63) is 0 Å². The van der Waals surface area contributed by atoms with Crippen LogP contribution in [0.5, 0.6) is 0 Å². The lowest BCUT2D eigenvalue weighted by atomic mass is 10.1. The standard InChI is InChI=1S/C7H12O3/c1-10-6-4-2-3-5(6)7(8)9/h5-6H,2-4H2,1H3,(H,8,9)/t5-,6+/m0/s1. The van der Waals surface area contributed by atoms with E-state index in [9.17, 15) is 4.79 Å². The Hall–Kier alpha value is -0.570. The zero-order valence-corrected chi connectivity index (χ0v) is 6.04. The molecule has 0 aromatic rings. The van der Waals surface area contributed by atoms with Gasteiger partial charge in [-0.05, 0) is 19.3 Å². The van der Waals surface area contributed by atoms with Crippen LogP contribution in [0.3, 0.4) is 0 Å². The fourth-order valence-electron chi connectivity index (χ4n) is 1.49. The van der Waals surface area contributed by atoms with E-state index in [-0.39, 0.29) is 12.0 Å². The summed E-state index contributed by atoms with van der Waals surface area (Å²) in [5.41, 5.74) is 0. The van der Waals surface area contributed by atoms with Gasteiger partial charge >= 0.3 is 5.97 Å². The maximum Gasteiger partial charge on any atom is 0.309 e. The minimum atomic E-state index is -0.718. The molecule has 1 saturated carbocycles. The van der Waals surface area contributed by atoms with Crippen molar-refractivity contribution >= 4 is 5.97 Å². The topological polar surface area (TPSA) is 46.5 Å². The Bertz CT molecular complexity index is 133. The molecular formula is C7H12O3. The quantitative estimate of drug-likeness (QED) is 0.626. The molecule has 0 amide bonds. The Kier molecular flexibility index (Phi) is 2.27. The molecule has 0 bridgehead atoms. The van der Waals surface area contributed by atoms with Crippen LogP contribution in [-0.2, 0) is 9.53 Å². The number of aliphatic carboxylic acids is 1. The summed E-state index contributed by atoms with van der Waals surface area (Å²) in [4.78, 5) is 10.5. The van der Waals surface area contributed by atoms with E-state index in [1.54, 1.807) is 7.11 Å². The molecule has 10 heavy (non-hydrogen) atoms. The molecule has 0 heterocycles. The first kappa shape index (κ1) is 7.54. The summed E-state index contributed by atoms with van der Waals surface area (Å²) in [7, 11) is 1.58. The number of carbonyl (C=O) groups is 1. The van der Waals surface area contributed by atoms with Crippen molar-refractivity contribution in [1.29, 1.82) is 0 Å². The first-order valence-corrected chi connectivity index (χ1v) is 3.51. The van der Waals surface area contributed by atoms with Crippen LogP contribution in [0.1, 0.15) is 19.3 Å². The van der Waals surface area contributed by atoms with Crippen molar-refractivity contribution in [1.82, 2.24) is 0 Å². The number of carboxylic acid groups (broad SMARTS) is 1. The zero-order chi connectivity index (χ0) is 7.56. The van der Waals surface area contributed by atoms with Crippen LogP contribution in [-0.4, -0.2) is 24.3 Å². The molecule has 2 atom stereocenters. The molecule has 0 unspecified atom stereocenters. The first-order chi connectivity index (χ1) is 4.75. The fourth-order valence-corrected chi connectivity index (χ4v) is 1.49. The van der Waals surface area contributed by atoms with Gasteiger partial charge in [0.05, 0.1) is 12.0 Å². The van der Waals surface area contributed by atoms with Gasteiger partial charge in [0.2, 0.25) is 0 Å². The van der Waals surface area contributed by atoms with Crippen molar-refractivity contribution in [2.24, 2.45) is 5.92 Å². The molecule has 1 aliphatic carbocycles. The Labute approximate surface area is 60.0 Å². The fraction of sp³-hybridized carbons (Fsp3) is 0.857. The molecule has 1 aliphatic rings. The molecule has 1 fully saturated rings. The maximum absolute atomic E-state index is 10.5. The van der Waals surface area contributed by atoms with Gasteiger partial charge in [-0.3, -0.25) is 4.79 Å². The molecule has 3 heteroatoms. The molecule has 1 N–H and O–H groups in total. The highest BCUT2D eigenvalue weighted by Crippen LogP contribution is 2.27. The van der Waals surface area contributed by atoms with E-state index < -0.39 is 5.97 Å². The van der Waals surface area contributed by atoms with Crippen molar-refractivity contribution < 1.29 is 14.6 Å². The number of rotatable bonds is 2. The summed E-state index contributed by atoms with van der Waals surface area (Å²) < 4.78 is 5.00. The second-order valence-electron chi connectivity index (χ2n) is 2.65. The Morgan fingerprint density at radius 3 is 2.70 bits per heavy atom. The summed E-state index contributed by atoms with van der Waals surface area (Å²) in [5.74, 6) is -0.977. The highest BCUT2D eigenvalue weighted by Gasteiger charge is 2.32. The summed E-state index contributed by atoms with van der Waals surface area (Å²) in [5, 5.41) is 8.63. The average molecular weight is 144 g/mol. The van der Waals surface area contributed by atoms with Gasteiger partial charge in [0.15, 0.2) is 0 Å². The lowest BCUT2D eigenvalue weighted by Crippen LogP contribution is -2.24. The van der Waals surface area contributed by atoms with Crippen LogP contribution in [0, 0.1) is 5.92 Å². The number of hydrogen-bond donors (Lipinski definition) is 1. The molecule has 0 aromatic carbocycles. The lowest BCUT2D eigenvalue weighted by Gasteiger charge is -2.12. The van der Waals surface area contributed by atoms with Gasteiger partial charge < -0.3 is 9.84 Å². The van der Waals surface area contributed by atoms with Gasteiger partial charge in [0.1, 0.15) is 0 Å². The monoisotopic (exact) mass is 144 g/mol. The van der Waals surface area contributed by atoms with E-state index in [2.05, 4.69) is 0 Å². The van der Waals surface area contributed by atoms with Crippen molar-refractivity contribution in [3.8, 4) is 0 Å². The SMILES string of the molecule is CO[C@@H]1CCC[C@@H]1C(=O)O. The third-order valence-electron chi connectivity index (χ3n) is 2.07. The normalized spacial score (nSPS) is 32.5. The van der Waals surface area contributed by atoms with Crippen LogP contribution < -0.4 is 0 Å². The lowest BCUT2D eigenvalue weighted by molar-refractivity contribution is -0.145. The Balaban J connectivity index is 2.50. The van der Waals surface area contributed by atoms with Gasteiger partial charge in [0, 0.05) is 7.11 Å². The van der Waals surface area contributed by atoms with E-state index in [0.29, 0.717) is 0 Å². The van der Waals surface area contributed by atoms with Crippen LogP contribution in [0.25, 0.3) is 0 Å². The van der Waals surface area contributed by atoms with Gasteiger partial charge in [-0.25, -0.2) is 0 Å². The maximum atomic E-state index is 10.5. The number of methoxy groups -OCH3 is 1. The Morgan fingerprint density at radius 2 is 2.30 bits per heavy atom. The average Bonchev–Trinajstić information content (AvgIpc) is 2.33. The molecule has 0 aliphatic heterocycles. The summed E-state index contributed by atoms with van der Waals surface area (Å²) in [6.07, 6.45) is 2.61. The predicted molar refractivity (Wildman–Crippen MR) is 35.8 cm³/mol. The van der Waals surface area contributed by atoms with Gasteiger partial charge in [-0.15, -0.1) is 0 Å². The molecule has 0 aromatic heterocycles. The van der Waals surface area contributed by atoms with Gasteiger partial charge in [0.25, 0.3) is 0 Å². The molecular weight excluding hydrogens is 132 g/mol. The summed E-state index contributed by atoms with van der Waals surface area (Å²) in [6.45, 7) is 0. The van der Waals surface area contributed by atoms with E-state index in [0.717, 1.165) is 19.3 Å². The van der Waals surface area contributed by atoms with Crippen molar-refractivity contribution in [3.63, 3.8) is 0 Å². The second-order valence-corrected chi connectivity index (χ2v) is 2.65. The van der Waals surface area contributed by atoms with E-state index in [1.165, 1.54) is 0 Å². The molecule has 1 rings (SSSR count). The summed E-state index contributed by atoms with van der Waals surface area (Å²) >= 11 is 0. The Morgan fingerprint density at radius 1 is 1.60 bits per heavy atom. The molecule has 0 radical (unpaired) electrons. The summed E-state index contributed by atoms with van der Waals surface area (Å²) in [6, 6.07) is 0. The molecule has 0 spiro atoms. The van der Waals surface area contributed by atoms with Gasteiger partial charge in [-0.2, -0.15) is 0 Å². The number of hydrogen-bond acceptors (Lipinski definition) is 2. The van der Waals surface area contributed by atoms with Gasteiger partial charge in [-0.1, -0.05) is 0 Å². The molecule has 0 saturated heterocycles. The van der Waals surface area contributed by atoms with E-state index >= 15 is 0 Å². The smallest absolute Gasteiger partial charge is 0.309 e.